The van der Waals surface area contributed by atoms with Crippen molar-refractivity contribution in [3.05, 3.63) is 47.7 Å². The highest BCUT2D eigenvalue weighted by Gasteiger charge is 2.27. The van der Waals surface area contributed by atoms with Crippen LogP contribution >= 0.6 is 0 Å². The van der Waals surface area contributed by atoms with Crippen LogP contribution in [0.4, 0.5) is 0 Å². The lowest BCUT2D eigenvalue weighted by Gasteiger charge is -2.28. The minimum atomic E-state index is -3.04. The van der Waals surface area contributed by atoms with E-state index in [0.29, 0.717) is 17.0 Å². The van der Waals surface area contributed by atoms with Gasteiger partial charge in [-0.3, -0.25) is 5.73 Å². The summed E-state index contributed by atoms with van der Waals surface area (Å²) in [5, 5.41) is 2.92. The first-order valence-electron chi connectivity index (χ1n) is 5.64. The van der Waals surface area contributed by atoms with E-state index < -0.39 is 15.6 Å². The minimum Gasteiger partial charge on any atom is -0.384 e. The van der Waals surface area contributed by atoms with Crippen molar-refractivity contribution in [3.8, 4) is 0 Å². The van der Waals surface area contributed by atoms with Crippen LogP contribution < -0.4 is 16.8 Å². The maximum atomic E-state index is 11.2. The van der Waals surface area contributed by atoms with Crippen LogP contribution in [-0.4, -0.2) is 20.5 Å². The normalized spacial score (nSPS) is 22.7. The van der Waals surface area contributed by atoms with Gasteiger partial charge in [0.2, 0.25) is 5.79 Å². The maximum Gasteiger partial charge on any atom is 0.211 e. The molecular formula is C12H16N4O2S. The molecule has 5 N–H and O–H groups in total. The first kappa shape index (κ1) is 13.6. The third-order valence-corrected chi connectivity index (χ3v) is 3.54. The van der Waals surface area contributed by atoms with Crippen LogP contribution in [-0.2, 0) is 21.4 Å². The predicted octanol–water partition coefficient (Wildman–Crippen LogP) is -0.226. The number of aliphatic imine (C=N–C) groups is 1. The molecule has 1 aliphatic heterocycles. The number of nitrogens with two attached hydrogens (primary N) is 2. The van der Waals surface area contributed by atoms with E-state index in [1.54, 1.807) is 36.5 Å². The average Bonchev–Trinajstić information content (AvgIpc) is 2.27. The molecule has 0 aromatic heterocycles. The lowest BCUT2D eigenvalue weighted by Crippen LogP contribution is -2.49. The Kier molecular flexibility index (Phi) is 3.34. The highest BCUT2D eigenvalue weighted by Crippen LogP contribution is 2.20. The van der Waals surface area contributed by atoms with Gasteiger partial charge in [-0.2, -0.15) is 0 Å². The van der Waals surface area contributed by atoms with Gasteiger partial charge in [-0.25, -0.2) is 13.4 Å². The summed E-state index contributed by atoms with van der Waals surface area (Å²) in [4.78, 5) is 4.14. The first-order valence-corrected chi connectivity index (χ1v) is 7.70. The Morgan fingerprint density at radius 1 is 1.32 bits per heavy atom. The molecule has 19 heavy (non-hydrogen) atoms. The molecule has 0 saturated heterocycles. The molecule has 6 nitrogen and oxygen atoms in total. The molecule has 1 aromatic carbocycles. The standard InChI is InChI=1S/C12H16N4O2S/c1-19(17,18)8-9-2-4-10(5-3-9)12(14)15-7-6-11(13)16-12/h2-7,15H,8,14H2,1H3,(H2,13,16). The van der Waals surface area contributed by atoms with E-state index in [9.17, 15) is 8.42 Å². The van der Waals surface area contributed by atoms with Gasteiger partial charge < -0.3 is 11.1 Å². The molecule has 0 amide bonds. The summed E-state index contributed by atoms with van der Waals surface area (Å²) in [6.07, 6.45) is 4.44. The smallest absolute Gasteiger partial charge is 0.211 e. The van der Waals surface area contributed by atoms with Crippen molar-refractivity contribution < 1.29 is 8.42 Å². The lowest BCUT2D eigenvalue weighted by molar-refractivity contribution is 0.410. The van der Waals surface area contributed by atoms with Crippen molar-refractivity contribution in [3.63, 3.8) is 0 Å². The third-order valence-electron chi connectivity index (χ3n) is 2.69. The molecule has 0 aliphatic carbocycles. The van der Waals surface area contributed by atoms with Crippen LogP contribution in [0.2, 0.25) is 0 Å². The number of hydrogen-bond acceptors (Lipinski definition) is 6. The Labute approximate surface area is 112 Å². The molecule has 0 saturated carbocycles. The quantitative estimate of drug-likeness (QED) is 0.708. The molecule has 1 atom stereocenters. The van der Waals surface area contributed by atoms with E-state index in [0.717, 1.165) is 0 Å². The summed E-state index contributed by atoms with van der Waals surface area (Å²) in [6.45, 7) is 0. The van der Waals surface area contributed by atoms with Crippen LogP contribution in [0.5, 0.6) is 0 Å². The molecule has 0 fully saturated rings. The minimum absolute atomic E-state index is 0.00356. The Morgan fingerprint density at radius 3 is 2.47 bits per heavy atom. The molecule has 1 aromatic rings. The Bertz CT molecular complexity index is 634. The van der Waals surface area contributed by atoms with Crippen LogP contribution in [0.1, 0.15) is 11.1 Å². The predicted molar refractivity (Wildman–Crippen MR) is 74.8 cm³/mol. The Hall–Kier alpha value is -1.86. The molecule has 1 aliphatic rings. The van der Waals surface area contributed by atoms with Gasteiger partial charge in [0.05, 0.1) is 5.75 Å². The van der Waals surface area contributed by atoms with Gasteiger partial charge in [-0.05, 0) is 11.6 Å². The van der Waals surface area contributed by atoms with Gasteiger partial charge in [0.15, 0.2) is 9.84 Å². The van der Waals surface area contributed by atoms with Crippen LogP contribution in [0.3, 0.4) is 0 Å². The summed E-state index contributed by atoms with van der Waals surface area (Å²) in [7, 11) is -3.04. The molecule has 0 radical (unpaired) electrons. The van der Waals surface area contributed by atoms with E-state index in [-0.39, 0.29) is 5.75 Å². The van der Waals surface area contributed by atoms with Gasteiger partial charge in [0.25, 0.3) is 0 Å². The zero-order chi connectivity index (χ0) is 14.1. The molecule has 0 spiro atoms. The number of nitrogens with zero attached hydrogens (tertiary/aromatic N) is 1. The number of rotatable bonds is 3. The van der Waals surface area contributed by atoms with Gasteiger partial charge in [-0.1, -0.05) is 24.3 Å². The van der Waals surface area contributed by atoms with Crippen LogP contribution in [0, 0.1) is 0 Å². The monoisotopic (exact) mass is 280 g/mol. The fourth-order valence-corrected chi connectivity index (χ4v) is 2.63. The average molecular weight is 280 g/mol. The summed E-state index contributed by atoms with van der Waals surface area (Å²) >= 11 is 0. The third kappa shape index (κ3) is 3.33. The SMILES string of the molecule is CS(=O)(=O)Cc1ccc(C2(N)N=C(N)C=CN2)cc1. The van der Waals surface area contributed by atoms with Crippen molar-refractivity contribution in [1.82, 2.24) is 5.32 Å². The second-order valence-electron chi connectivity index (χ2n) is 4.55. The molecule has 102 valence electrons. The summed E-state index contributed by atoms with van der Waals surface area (Å²) in [5.74, 6) is -0.770. The molecule has 1 heterocycles. The van der Waals surface area contributed by atoms with E-state index in [1.165, 1.54) is 6.26 Å². The van der Waals surface area contributed by atoms with Crippen LogP contribution in [0.15, 0.2) is 41.5 Å². The van der Waals surface area contributed by atoms with Crippen molar-refractivity contribution in [2.75, 3.05) is 6.26 Å². The topological polar surface area (TPSA) is 111 Å². The highest BCUT2D eigenvalue weighted by molar-refractivity contribution is 7.89. The summed E-state index contributed by atoms with van der Waals surface area (Å²) in [6, 6.07) is 6.92. The van der Waals surface area contributed by atoms with Crippen molar-refractivity contribution in [2.45, 2.75) is 11.5 Å². The van der Waals surface area contributed by atoms with E-state index >= 15 is 0 Å². The van der Waals surface area contributed by atoms with E-state index in [2.05, 4.69) is 10.3 Å². The number of hydrogen-bond donors (Lipinski definition) is 3. The largest absolute Gasteiger partial charge is 0.384 e. The van der Waals surface area contributed by atoms with E-state index in [4.69, 9.17) is 11.5 Å². The molecular weight excluding hydrogens is 264 g/mol. The number of nitrogens with one attached hydrogen (secondary N) is 1. The number of amidine groups is 1. The second-order valence-corrected chi connectivity index (χ2v) is 6.69. The summed E-state index contributed by atoms with van der Waals surface area (Å²) < 4.78 is 22.4. The molecule has 1 unspecified atom stereocenters. The highest BCUT2D eigenvalue weighted by atomic mass is 32.2. The number of sulfone groups is 1. The first-order chi connectivity index (χ1) is 8.78. The summed E-state index contributed by atoms with van der Waals surface area (Å²) in [5.41, 5.74) is 13.1. The van der Waals surface area contributed by atoms with Gasteiger partial charge >= 0.3 is 0 Å². The van der Waals surface area contributed by atoms with Gasteiger partial charge in [0, 0.05) is 18.0 Å². The lowest BCUT2D eigenvalue weighted by atomic mass is 10.1. The van der Waals surface area contributed by atoms with Crippen molar-refractivity contribution in [2.24, 2.45) is 16.5 Å². The fraction of sp³-hybridized carbons (Fsp3) is 0.250. The second kappa shape index (κ2) is 4.67. The Morgan fingerprint density at radius 2 is 1.95 bits per heavy atom. The molecule has 7 heteroatoms. The molecule has 2 rings (SSSR count). The van der Waals surface area contributed by atoms with E-state index in [1.807, 2.05) is 0 Å². The zero-order valence-corrected chi connectivity index (χ0v) is 11.3. The van der Waals surface area contributed by atoms with Gasteiger partial charge in [0.1, 0.15) is 5.84 Å². The van der Waals surface area contributed by atoms with Gasteiger partial charge in [-0.15, -0.1) is 0 Å². The Balaban J connectivity index is 2.26. The zero-order valence-electron chi connectivity index (χ0n) is 10.5. The van der Waals surface area contributed by atoms with Crippen molar-refractivity contribution >= 4 is 15.7 Å². The number of benzene rings is 1. The van der Waals surface area contributed by atoms with Crippen LogP contribution in [0.25, 0.3) is 0 Å². The molecule has 0 bridgehead atoms. The maximum absolute atomic E-state index is 11.2. The van der Waals surface area contributed by atoms with Crippen molar-refractivity contribution in [1.29, 1.82) is 0 Å². The fourth-order valence-electron chi connectivity index (χ4n) is 1.83.